The Morgan fingerprint density at radius 1 is 0.769 bits per heavy atom. The second-order valence-electron chi connectivity index (χ2n) is 5.28. The Hall–Kier alpha value is -0.660. The van der Waals surface area contributed by atoms with E-state index in [1.165, 1.54) is 6.42 Å². The van der Waals surface area contributed by atoms with Crippen LogP contribution in [0, 0.1) is 35.5 Å². The zero-order valence-corrected chi connectivity index (χ0v) is 7.40. The van der Waals surface area contributed by atoms with Crippen LogP contribution in [0.3, 0.4) is 0 Å². The number of fused-ring (bicyclic) bond motifs is 2. The molecular weight excluding hydrogens is 164 g/mol. The van der Waals surface area contributed by atoms with Gasteiger partial charge in [0.1, 0.15) is 11.6 Å². The van der Waals surface area contributed by atoms with E-state index in [9.17, 15) is 9.59 Å². The van der Waals surface area contributed by atoms with E-state index in [2.05, 4.69) is 0 Å². The molecule has 4 aliphatic rings. The molecule has 4 aliphatic carbocycles. The molecule has 4 saturated carbocycles. The number of hydrogen-bond acceptors (Lipinski definition) is 2. The molecule has 2 nitrogen and oxygen atoms in total. The van der Waals surface area contributed by atoms with Gasteiger partial charge >= 0.3 is 0 Å². The molecule has 0 aromatic rings. The van der Waals surface area contributed by atoms with Crippen molar-refractivity contribution < 1.29 is 9.59 Å². The van der Waals surface area contributed by atoms with Crippen molar-refractivity contribution in [3.8, 4) is 0 Å². The van der Waals surface area contributed by atoms with Gasteiger partial charge in [-0.3, -0.25) is 9.59 Å². The highest BCUT2D eigenvalue weighted by molar-refractivity contribution is 5.96. The predicted octanol–water partition coefficient (Wildman–Crippen LogP) is 1.05. The van der Waals surface area contributed by atoms with Crippen LogP contribution < -0.4 is 0 Å². The number of carbonyl (C=O) groups excluding carboxylic acids is 2. The number of hydrogen-bond donors (Lipinski definition) is 0. The topological polar surface area (TPSA) is 34.1 Å². The van der Waals surface area contributed by atoms with Crippen molar-refractivity contribution in [3.63, 3.8) is 0 Å². The Morgan fingerprint density at radius 2 is 1.23 bits per heavy atom. The molecule has 4 rings (SSSR count). The third-order valence-corrected chi connectivity index (χ3v) is 5.12. The molecule has 0 unspecified atom stereocenters. The van der Waals surface area contributed by atoms with Crippen LogP contribution in [-0.4, -0.2) is 11.6 Å². The third kappa shape index (κ3) is 0.527. The molecule has 0 saturated heterocycles. The zero-order chi connectivity index (χ0) is 8.74. The zero-order valence-electron chi connectivity index (χ0n) is 7.40. The number of Topliss-reactive ketones (excluding diaryl/α,β-unsaturated/α-hetero) is 2. The van der Waals surface area contributed by atoms with E-state index < -0.39 is 0 Å². The minimum absolute atomic E-state index is 0.182. The van der Waals surface area contributed by atoms with Gasteiger partial charge in [0.15, 0.2) is 0 Å². The molecule has 0 N–H and O–H groups in total. The molecule has 68 valence electrons. The van der Waals surface area contributed by atoms with Crippen LogP contribution in [0.5, 0.6) is 0 Å². The molecule has 0 aromatic heterocycles. The van der Waals surface area contributed by atoms with Crippen LogP contribution >= 0.6 is 0 Å². The molecule has 0 radical (unpaired) electrons. The first kappa shape index (κ1) is 6.74. The number of rotatable bonds is 0. The summed E-state index contributed by atoms with van der Waals surface area (Å²) in [5.74, 6) is 3.67. The van der Waals surface area contributed by atoms with Crippen molar-refractivity contribution in [1.29, 1.82) is 0 Å². The normalized spacial score (nSPS) is 61.2. The summed E-state index contributed by atoms with van der Waals surface area (Å²) in [7, 11) is 0. The van der Waals surface area contributed by atoms with E-state index in [0.717, 1.165) is 12.8 Å². The smallest absolute Gasteiger partial charge is 0.137 e. The highest BCUT2D eigenvalue weighted by atomic mass is 16.1. The first-order valence-electron chi connectivity index (χ1n) is 5.33. The van der Waals surface area contributed by atoms with Crippen molar-refractivity contribution in [2.45, 2.75) is 19.3 Å². The van der Waals surface area contributed by atoms with Gasteiger partial charge in [0.05, 0.1) is 0 Å². The summed E-state index contributed by atoms with van der Waals surface area (Å²) in [4.78, 5) is 23.4. The monoisotopic (exact) mass is 176 g/mol. The summed E-state index contributed by atoms with van der Waals surface area (Å²) >= 11 is 0. The molecule has 2 bridgehead atoms. The first-order valence-corrected chi connectivity index (χ1v) is 5.33. The summed E-state index contributed by atoms with van der Waals surface area (Å²) in [6, 6.07) is 0. The van der Waals surface area contributed by atoms with E-state index >= 15 is 0 Å². The Kier molecular flexibility index (Phi) is 0.907. The van der Waals surface area contributed by atoms with Crippen molar-refractivity contribution in [1.82, 2.24) is 0 Å². The molecule has 0 aromatic carbocycles. The lowest BCUT2D eigenvalue weighted by Crippen LogP contribution is -2.26. The Morgan fingerprint density at radius 3 is 1.69 bits per heavy atom. The van der Waals surface area contributed by atoms with Crippen LogP contribution in [0.4, 0.5) is 0 Å². The average molecular weight is 176 g/mol. The second-order valence-corrected chi connectivity index (χ2v) is 5.28. The van der Waals surface area contributed by atoms with Crippen molar-refractivity contribution >= 4 is 11.6 Å². The van der Waals surface area contributed by atoms with Gasteiger partial charge in [-0.25, -0.2) is 0 Å². The van der Waals surface area contributed by atoms with E-state index in [4.69, 9.17) is 0 Å². The quantitative estimate of drug-likeness (QED) is 0.552. The van der Waals surface area contributed by atoms with Gasteiger partial charge in [-0.05, 0) is 30.1 Å². The maximum absolute atomic E-state index is 11.7. The Bertz CT molecular complexity index is 297. The van der Waals surface area contributed by atoms with Crippen LogP contribution in [0.1, 0.15) is 19.3 Å². The lowest BCUT2D eigenvalue weighted by atomic mass is 9.79. The number of carbonyl (C=O) groups is 2. The maximum atomic E-state index is 11.7. The highest BCUT2D eigenvalue weighted by Gasteiger charge is 2.69. The van der Waals surface area contributed by atoms with Crippen LogP contribution in [0.2, 0.25) is 0 Å². The van der Waals surface area contributed by atoms with E-state index in [1.54, 1.807) is 0 Å². The molecule has 0 aliphatic heterocycles. The minimum Gasteiger partial charge on any atom is -0.299 e. The number of ketones is 2. The van der Waals surface area contributed by atoms with Gasteiger partial charge < -0.3 is 0 Å². The van der Waals surface area contributed by atoms with Crippen LogP contribution in [-0.2, 0) is 9.59 Å². The average Bonchev–Trinajstić information content (AvgIpc) is 2.67. The molecular formula is C11H12O2. The second kappa shape index (κ2) is 1.75. The molecule has 2 heteroatoms. The van der Waals surface area contributed by atoms with E-state index in [1.807, 2.05) is 0 Å². The molecule has 0 spiro atoms. The minimum atomic E-state index is 0.182. The fourth-order valence-electron chi connectivity index (χ4n) is 4.88. The molecule has 4 fully saturated rings. The van der Waals surface area contributed by atoms with Crippen molar-refractivity contribution in [2.75, 3.05) is 0 Å². The van der Waals surface area contributed by atoms with Crippen molar-refractivity contribution in [2.24, 2.45) is 35.5 Å². The lowest BCUT2D eigenvalue weighted by molar-refractivity contribution is -0.129. The standard InChI is InChI=1S/C11H12O2/c12-8-2-4-5-3-9(13)11-7(5)1-6(4)10(8)11/h4-7,10-11H,1-3H2/t4-,5+,6+,7-,10-,11-/m0/s1. The SMILES string of the molecule is O=C1C[C@H]2[C@H]3CC(=O)[C@@H]4[C@H]3C[C@H]2[C@@H]14. The summed E-state index contributed by atoms with van der Waals surface area (Å²) in [5, 5.41) is 0. The third-order valence-electron chi connectivity index (χ3n) is 5.12. The van der Waals surface area contributed by atoms with E-state index in [0.29, 0.717) is 35.2 Å². The lowest BCUT2D eigenvalue weighted by Gasteiger charge is -2.22. The van der Waals surface area contributed by atoms with Crippen LogP contribution in [0.15, 0.2) is 0 Å². The van der Waals surface area contributed by atoms with Crippen LogP contribution in [0.25, 0.3) is 0 Å². The molecule has 6 atom stereocenters. The molecule has 0 amide bonds. The fourth-order valence-corrected chi connectivity index (χ4v) is 4.88. The van der Waals surface area contributed by atoms with Gasteiger partial charge in [-0.15, -0.1) is 0 Å². The summed E-state index contributed by atoms with van der Waals surface area (Å²) in [6.45, 7) is 0. The van der Waals surface area contributed by atoms with Crippen molar-refractivity contribution in [3.05, 3.63) is 0 Å². The first-order chi connectivity index (χ1) is 6.27. The van der Waals surface area contributed by atoms with Gasteiger partial charge in [0.25, 0.3) is 0 Å². The molecule has 13 heavy (non-hydrogen) atoms. The van der Waals surface area contributed by atoms with Gasteiger partial charge in [-0.1, -0.05) is 0 Å². The maximum Gasteiger partial charge on any atom is 0.137 e. The predicted molar refractivity (Wildman–Crippen MR) is 44.8 cm³/mol. The summed E-state index contributed by atoms with van der Waals surface area (Å²) in [6.07, 6.45) is 2.81. The van der Waals surface area contributed by atoms with Gasteiger partial charge in [0.2, 0.25) is 0 Å². The Labute approximate surface area is 76.7 Å². The summed E-state index contributed by atoms with van der Waals surface area (Å²) in [5.41, 5.74) is 0. The highest BCUT2D eigenvalue weighted by Crippen LogP contribution is 2.68. The largest absolute Gasteiger partial charge is 0.299 e. The summed E-state index contributed by atoms with van der Waals surface area (Å²) < 4.78 is 0. The van der Waals surface area contributed by atoms with Gasteiger partial charge in [-0.2, -0.15) is 0 Å². The fraction of sp³-hybridized carbons (Fsp3) is 0.818. The van der Waals surface area contributed by atoms with E-state index in [-0.39, 0.29) is 11.8 Å². The van der Waals surface area contributed by atoms with Gasteiger partial charge in [0, 0.05) is 24.7 Å². The molecule has 0 heterocycles. The Balaban J connectivity index is 1.94.